The van der Waals surface area contributed by atoms with Crippen molar-refractivity contribution in [3.05, 3.63) is 36.0 Å². The highest BCUT2D eigenvalue weighted by atomic mass is 16.1. The summed E-state index contributed by atoms with van der Waals surface area (Å²) >= 11 is 0. The van der Waals surface area contributed by atoms with E-state index in [2.05, 4.69) is 24.1 Å². The van der Waals surface area contributed by atoms with Gasteiger partial charge in [-0.15, -0.1) is 0 Å². The van der Waals surface area contributed by atoms with Crippen molar-refractivity contribution < 1.29 is 4.79 Å². The maximum absolute atomic E-state index is 12.5. The number of amides is 1. The predicted octanol–water partition coefficient (Wildman–Crippen LogP) is 3.87. The molecule has 1 aliphatic rings. The summed E-state index contributed by atoms with van der Waals surface area (Å²) in [6.07, 6.45) is 6.50. The highest BCUT2D eigenvalue weighted by Gasteiger charge is 2.29. The molecule has 106 valence electrons. The fourth-order valence-corrected chi connectivity index (χ4v) is 3.37. The minimum absolute atomic E-state index is 0.0536. The fraction of sp³-hybridized carbons (Fsp3) is 0.471. The second-order valence-electron chi connectivity index (χ2n) is 6.68. The van der Waals surface area contributed by atoms with Crippen LogP contribution in [0.25, 0.3) is 10.9 Å². The zero-order valence-electron chi connectivity index (χ0n) is 12.2. The number of H-pyrrole nitrogens is 1. The van der Waals surface area contributed by atoms with E-state index >= 15 is 0 Å². The van der Waals surface area contributed by atoms with E-state index in [9.17, 15) is 4.79 Å². The van der Waals surface area contributed by atoms with Gasteiger partial charge in [0.05, 0.1) is 0 Å². The molecule has 3 rings (SSSR count). The van der Waals surface area contributed by atoms with E-state index in [1.807, 2.05) is 30.5 Å². The van der Waals surface area contributed by atoms with Gasteiger partial charge >= 0.3 is 0 Å². The summed E-state index contributed by atoms with van der Waals surface area (Å²) in [5, 5.41) is 4.22. The van der Waals surface area contributed by atoms with Crippen LogP contribution in [0.5, 0.6) is 0 Å². The highest BCUT2D eigenvalue weighted by Crippen LogP contribution is 2.35. The predicted molar refractivity (Wildman–Crippen MR) is 81.8 cm³/mol. The molecular weight excluding hydrogens is 248 g/mol. The van der Waals surface area contributed by atoms with Crippen LogP contribution >= 0.6 is 0 Å². The molecule has 1 aliphatic carbocycles. The third kappa shape index (κ3) is 2.58. The molecule has 1 amide bonds. The molecule has 1 unspecified atom stereocenters. The Morgan fingerprint density at radius 2 is 2.20 bits per heavy atom. The summed E-state index contributed by atoms with van der Waals surface area (Å²) in [4.78, 5) is 15.7. The summed E-state index contributed by atoms with van der Waals surface area (Å²) in [5.41, 5.74) is 2.13. The second kappa shape index (κ2) is 4.97. The summed E-state index contributed by atoms with van der Waals surface area (Å²) in [5.74, 6) is 0.0536. The Balaban J connectivity index is 1.78. The average molecular weight is 270 g/mol. The Hall–Kier alpha value is -1.77. The molecule has 0 radical (unpaired) electrons. The van der Waals surface area contributed by atoms with Crippen LogP contribution in [0, 0.1) is 5.41 Å². The van der Waals surface area contributed by atoms with Crippen molar-refractivity contribution in [1.29, 1.82) is 0 Å². The van der Waals surface area contributed by atoms with Gasteiger partial charge in [-0.25, -0.2) is 0 Å². The normalized spacial score (nSPS) is 21.8. The first-order valence-corrected chi connectivity index (χ1v) is 7.42. The number of nitrogens with one attached hydrogen (secondary N) is 2. The van der Waals surface area contributed by atoms with Crippen LogP contribution in [0.4, 0.5) is 0 Å². The molecule has 1 aromatic carbocycles. The largest absolute Gasteiger partial charge is 0.361 e. The SMILES string of the molecule is CC1(C)CCCC(NC(=O)c2cccc3[nH]ccc23)C1. The molecule has 0 spiro atoms. The molecule has 0 aliphatic heterocycles. The smallest absolute Gasteiger partial charge is 0.252 e. The summed E-state index contributed by atoms with van der Waals surface area (Å²) < 4.78 is 0. The van der Waals surface area contributed by atoms with E-state index in [0.29, 0.717) is 11.5 Å². The molecule has 2 N–H and O–H groups in total. The molecule has 20 heavy (non-hydrogen) atoms. The number of benzene rings is 1. The number of carbonyl (C=O) groups excluding carboxylic acids is 1. The van der Waals surface area contributed by atoms with E-state index in [1.165, 1.54) is 12.8 Å². The van der Waals surface area contributed by atoms with Crippen molar-refractivity contribution in [2.75, 3.05) is 0 Å². The molecule has 3 heteroatoms. The standard InChI is InChI=1S/C17H22N2O/c1-17(2)9-4-5-12(11-17)19-16(20)14-6-3-7-15-13(14)8-10-18-15/h3,6-8,10,12,18H,4-5,9,11H2,1-2H3,(H,19,20). The minimum atomic E-state index is 0.0536. The van der Waals surface area contributed by atoms with Crippen molar-refractivity contribution in [2.45, 2.75) is 45.6 Å². The lowest BCUT2D eigenvalue weighted by molar-refractivity contribution is 0.0904. The van der Waals surface area contributed by atoms with E-state index in [4.69, 9.17) is 0 Å². The van der Waals surface area contributed by atoms with Gasteiger partial charge in [0, 0.05) is 28.7 Å². The Kier molecular flexibility index (Phi) is 3.28. The Morgan fingerprint density at radius 1 is 1.35 bits per heavy atom. The zero-order chi connectivity index (χ0) is 14.2. The number of hydrogen-bond acceptors (Lipinski definition) is 1. The van der Waals surface area contributed by atoms with Crippen LogP contribution in [0.15, 0.2) is 30.5 Å². The molecule has 1 aromatic heterocycles. The number of aromatic amines is 1. The van der Waals surface area contributed by atoms with Crippen molar-refractivity contribution in [3.63, 3.8) is 0 Å². The van der Waals surface area contributed by atoms with Gasteiger partial charge in [-0.1, -0.05) is 26.3 Å². The van der Waals surface area contributed by atoms with Gasteiger partial charge in [-0.2, -0.15) is 0 Å². The molecule has 0 bridgehead atoms. The fourth-order valence-electron chi connectivity index (χ4n) is 3.37. The lowest BCUT2D eigenvalue weighted by Crippen LogP contribution is -2.40. The topological polar surface area (TPSA) is 44.9 Å². The maximum atomic E-state index is 12.5. The molecule has 0 saturated heterocycles. The lowest BCUT2D eigenvalue weighted by Gasteiger charge is -2.35. The number of aromatic nitrogens is 1. The third-order valence-electron chi connectivity index (χ3n) is 4.38. The van der Waals surface area contributed by atoms with Crippen LogP contribution in [0.1, 0.15) is 49.9 Å². The molecule has 1 atom stereocenters. The van der Waals surface area contributed by atoms with E-state index < -0.39 is 0 Å². The van der Waals surface area contributed by atoms with Crippen molar-refractivity contribution in [1.82, 2.24) is 10.3 Å². The second-order valence-corrected chi connectivity index (χ2v) is 6.68. The van der Waals surface area contributed by atoms with Crippen LogP contribution in [-0.4, -0.2) is 16.9 Å². The number of fused-ring (bicyclic) bond motifs is 1. The van der Waals surface area contributed by atoms with Gasteiger partial charge in [-0.3, -0.25) is 4.79 Å². The van der Waals surface area contributed by atoms with Crippen LogP contribution in [-0.2, 0) is 0 Å². The van der Waals surface area contributed by atoms with Crippen molar-refractivity contribution in [3.8, 4) is 0 Å². The van der Waals surface area contributed by atoms with Crippen molar-refractivity contribution >= 4 is 16.8 Å². The first kappa shape index (κ1) is 13.2. The summed E-state index contributed by atoms with van der Waals surface area (Å²) in [6, 6.07) is 8.10. The molecule has 1 saturated carbocycles. The van der Waals surface area contributed by atoms with E-state index in [-0.39, 0.29) is 5.91 Å². The highest BCUT2D eigenvalue weighted by molar-refractivity contribution is 6.06. The first-order chi connectivity index (χ1) is 9.55. The molecular formula is C17H22N2O. The Bertz CT molecular complexity index is 627. The monoisotopic (exact) mass is 270 g/mol. The van der Waals surface area contributed by atoms with E-state index in [0.717, 1.165) is 29.3 Å². The van der Waals surface area contributed by atoms with Gasteiger partial charge in [0.2, 0.25) is 0 Å². The number of hydrogen-bond donors (Lipinski definition) is 2. The van der Waals surface area contributed by atoms with Crippen LogP contribution in [0.3, 0.4) is 0 Å². The van der Waals surface area contributed by atoms with Crippen LogP contribution < -0.4 is 5.32 Å². The van der Waals surface area contributed by atoms with Crippen LogP contribution in [0.2, 0.25) is 0 Å². The van der Waals surface area contributed by atoms with Gasteiger partial charge in [-0.05, 0) is 42.9 Å². The summed E-state index contributed by atoms with van der Waals surface area (Å²) in [6.45, 7) is 4.58. The molecule has 2 aromatic rings. The van der Waals surface area contributed by atoms with Gasteiger partial charge in [0.25, 0.3) is 5.91 Å². The molecule has 1 heterocycles. The zero-order valence-corrected chi connectivity index (χ0v) is 12.2. The lowest BCUT2D eigenvalue weighted by atomic mass is 9.75. The van der Waals surface area contributed by atoms with Gasteiger partial charge in [0.1, 0.15) is 0 Å². The summed E-state index contributed by atoms with van der Waals surface area (Å²) in [7, 11) is 0. The van der Waals surface area contributed by atoms with E-state index in [1.54, 1.807) is 0 Å². The number of carbonyl (C=O) groups is 1. The van der Waals surface area contributed by atoms with Crippen molar-refractivity contribution in [2.24, 2.45) is 5.41 Å². The molecule has 3 nitrogen and oxygen atoms in total. The average Bonchev–Trinajstić information content (AvgIpc) is 2.85. The Morgan fingerprint density at radius 3 is 3.00 bits per heavy atom. The maximum Gasteiger partial charge on any atom is 0.252 e. The first-order valence-electron chi connectivity index (χ1n) is 7.42. The number of rotatable bonds is 2. The third-order valence-corrected chi connectivity index (χ3v) is 4.38. The van der Waals surface area contributed by atoms with Gasteiger partial charge in [0.15, 0.2) is 0 Å². The molecule has 1 fully saturated rings. The minimum Gasteiger partial charge on any atom is -0.361 e. The van der Waals surface area contributed by atoms with Gasteiger partial charge < -0.3 is 10.3 Å². The Labute approximate surface area is 119 Å². The quantitative estimate of drug-likeness (QED) is 0.855.